The molecule has 0 aliphatic carbocycles. The van der Waals surface area contributed by atoms with Crippen molar-refractivity contribution in [1.29, 1.82) is 0 Å². The summed E-state index contributed by atoms with van der Waals surface area (Å²) in [5.74, 6) is -8.83. The van der Waals surface area contributed by atoms with Crippen LogP contribution in [0.25, 0.3) is 0 Å². The Morgan fingerprint density at radius 1 is 0.854 bits per heavy atom. The van der Waals surface area contributed by atoms with Crippen molar-refractivity contribution >= 4 is 29.6 Å². The predicted octanol–water partition coefficient (Wildman–Crippen LogP) is 2.16. The standard InChI is InChI=1S/C30H30N2O9/c1-20(33)22-8-10-23(11-9-22)32-19-17-24(31(2)18-16-21-6-4-3-5-7-21)29(38-25(34)12-13-26(35)39-29)30(32)40-27(36)14-15-28(37)41-30/h3-15,20,24,33H,16-19H2,1-2H3. The summed E-state index contributed by atoms with van der Waals surface area (Å²) in [6.45, 7) is 2.18. The molecule has 3 heterocycles. The number of carbonyl (C=O) groups excluding carboxylic acids is 4. The predicted molar refractivity (Wildman–Crippen MR) is 144 cm³/mol. The summed E-state index contributed by atoms with van der Waals surface area (Å²) in [5, 5.41) is 10.0. The molecule has 2 spiro atoms. The van der Waals surface area contributed by atoms with Gasteiger partial charge in [-0.15, -0.1) is 0 Å². The number of carbonyl (C=O) groups is 4. The van der Waals surface area contributed by atoms with E-state index < -0.39 is 47.7 Å². The lowest BCUT2D eigenvalue weighted by Gasteiger charge is -2.56. The Labute approximate surface area is 236 Å². The molecule has 11 nitrogen and oxygen atoms in total. The van der Waals surface area contributed by atoms with Crippen molar-refractivity contribution in [2.24, 2.45) is 0 Å². The second-order valence-electron chi connectivity index (χ2n) is 10.0. The van der Waals surface area contributed by atoms with E-state index in [2.05, 4.69) is 0 Å². The van der Waals surface area contributed by atoms with Gasteiger partial charge in [-0.1, -0.05) is 42.5 Å². The van der Waals surface area contributed by atoms with Crippen LogP contribution in [-0.4, -0.2) is 71.8 Å². The van der Waals surface area contributed by atoms with E-state index in [4.69, 9.17) is 18.9 Å². The molecule has 3 aliphatic rings. The van der Waals surface area contributed by atoms with Crippen LogP contribution in [0.1, 0.15) is 30.6 Å². The smallest absolute Gasteiger partial charge is 0.408 e. The number of anilines is 1. The van der Waals surface area contributed by atoms with Crippen LogP contribution >= 0.6 is 0 Å². The van der Waals surface area contributed by atoms with E-state index in [1.165, 1.54) is 4.90 Å². The second kappa shape index (κ2) is 11.2. The van der Waals surface area contributed by atoms with Crippen LogP contribution in [0.4, 0.5) is 5.69 Å². The van der Waals surface area contributed by atoms with Crippen molar-refractivity contribution in [3.8, 4) is 0 Å². The van der Waals surface area contributed by atoms with Crippen LogP contribution in [0, 0.1) is 0 Å². The SMILES string of the molecule is CC(O)c1ccc(N2CCC(N(C)CCc3ccccc3)C3(OC(=O)C=CC(=O)O3)C23OC(=O)C=CC(=O)O3)cc1. The number of piperidine rings is 1. The number of hydrogen-bond acceptors (Lipinski definition) is 11. The Balaban J connectivity index is 1.65. The first kappa shape index (κ1) is 28.1. The molecule has 5 rings (SSSR count). The van der Waals surface area contributed by atoms with Gasteiger partial charge in [0.05, 0.1) is 6.10 Å². The summed E-state index contributed by atoms with van der Waals surface area (Å²) in [6.07, 6.45) is 3.68. The van der Waals surface area contributed by atoms with Crippen LogP contribution in [0.3, 0.4) is 0 Å². The number of benzene rings is 2. The molecule has 2 atom stereocenters. The summed E-state index contributed by atoms with van der Waals surface area (Å²) in [6, 6.07) is 15.4. The third-order valence-corrected chi connectivity index (χ3v) is 7.37. The maximum atomic E-state index is 13.0. The number of fused-ring (bicyclic) bond motifs is 1. The van der Waals surface area contributed by atoms with Gasteiger partial charge in [0.15, 0.2) is 0 Å². The molecule has 2 unspecified atom stereocenters. The number of esters is 4. The molecule has 1 saturated heterocycles. The Kier molecular flexibility index (Phi) is 7.65. The highest BCUT2D eigenvalue weighted by molar-refractivity contribution is 5.95. The number of ether oxygens (including phenoxy) is 4. The number of hydrogen-bond donors (Lipinski definition) is 1. The van der Waals surface area contributed by atoms with E-state index in [1.807, 2.05) is 35.2 Å². The zero-order chi connectivity index (χ0) is 29.2. The molecule has 0 amide bonds. The highest BCUT2D eigenvalue weighted by atomic mass is 16.8. The van der Waals surface area contributed by atoms with Crippen LogP contribution in [0.15, 0.2) is 78.9 Å². The minimum Gasteiger partial charge on any atom is -0.408 e. The molecular weight excluding hydrogens is 532 g/mol. The summed E-state index contributed by atoms with van der Waals surface area (Å²) in [4.78, 5) is 55.2. The molecule has 0 saturated carbocycles. The van der Waals surface area contributed by atoms with Crippen molar-refractivity contribution < 1.29 is 43.2 Å². The highest BCUT2D eigenvalue weighted by Gasteiger charge is 2.75. The van der Waals surface area contributed by atoms with Crippen molar-refractivity contribution in [2.75, 3.05) is 25.0 Å². The molecule has 3 aliphatic heterocycles. The number of rotatable bonds is 6. The molecule has 0 radical (unpaired) electrons. The molecule has 0 aromatic heterocycles. The Morgan fingerprint density at radius 2 is 1.39 bits per heavy atom. The van der Waals surface area contributed by atoms with Crippen LogP contribution in [-0.2, 0) is 44.5 Å². The van der Waals surface area contributed by atoms with E-state index >= 15 is 0 Å². The van der Waals surface area contributed by atoms with Gasteiger partial charge in [0.1, 0.15) is 6.04 Å². The van der Waals surface area contributed by atoms with E-state index in [0.29, 0.717) is 24.2 Å². The summed E-state index contributed by atoms with van der Waals surface area (Å²) in [5.41, 5.74) is 2.05. The maximum Gasteiger partial charge on any atom is 0.426 e. The second-order valence-corrected chi connectivity index (χ2v) is 10.0. The van der Waals surface area contributed by atoms with Crippen molar-refractivity contribution in [1.82, 2.24) is 4.90 Å². The Morgan fingerprint density at radius 3 is 1.93 bits per heavy atom. The summed E-state index contributed by atoms with van der Waals surface area (Å²) in [7, 11) is 1.76. The molecule has 41 heavy (non-hydrogen) atoms. The van der Waals surface area contributed by atoms with Crippen LogP contribution in [0.5, 0.6) is 0 Å². The van der Waals surface area contributed by atoms with Gasteiger partial charge in [0.25, 0.3) is 0 Å². The first-order valence-electron chi connectivity index (χ1n) is 13.2. The number of aliphatic hydroxyl groups is 1. The van der Waals surface area contributed by atoms with Crippen molar-refractivity contribution in [3.63, 3.8) is 0 Å². The minimum atomic E-state index is -2.54. The average Bonchev–Trinajstić information content (AvgIpc) is 3.20. The van der Waals surface area contributed by atoms with Gasteiger partial charge in [-0.3, -0.25) is 9.80 Å². The van der Waals surface area contributed by atoms with E-state index in [9.17, 15) is 24.3 Å². The largest absolute Gasteiger partial charge is 0.426 e. The average molecular weight is 563 g/mol. The van der Waals surface area contributed by atoms with E-state index in [-0.39, 0.29) is 13.0 Å². The van der Waals surface area contributed by atoms with Crippen LogP contribution in [0.2, 0.25) is 0 Å². The molecule has 0 bridgehead atoms. The lowest BCUT2D eigenvalue weighted by Crippen LogP contribution is -2.80. The van der Waals surface area contributed by atoms with Crippen molar-refractivity contribution in [3.05, 3.63) is 90.0 Å². The minimum absolute atomic E-state index is 0.138. The topological polar surface area (TPSA) is 132 Å². The van der Waals surface area contributed by atoms with Gasteiger partial charge in [0.2, 0.25) is 0 Å². The van der Waals surface area contributed by atoms with E-state index in [0.717, 1.165) is 29.9 Å². The number of aliphatic hydroxyl groups excluding tert-OH is 1. The third kappa shape index (κ3) is 5.33. The molecule has 214 valence electrons. The quantitative estimate of drug-likeness (QED) is 0.520. The fourth-order valence-corrected chi connectivity index (χ4v) is 5.37. The molecular formula is C30H30N2O9. The molecule has 11 heteroatoms. The number of likely N-dealkylation sites (N-methyl/N-ethyl adjacent to an activating group) is 1. The van der Waals surface area contributed by atoms with E-state index in [1.54, 1.807) is 38.2 Å². The Bertz CT molecular complexity index is 1340. The summed E-state index contributed by atoms with van der Waals surface area (Å²) >= 11 is 0. The first-order valence-corrected chi connectivity index (χ1v) is 13.2. The zero-order valence-corrected chi connectivity index (χ0v) is 22.6. The zero-order valence-electron chi connectivity index (χ0n) is 22.6. The van der Waals surface area contributed by atoms with Gasteiger partial charge in [-0.25, -0.2) is 19.2 Å². The maximum absolute atomic E-state index is 13.0. The monoisotopic (exact) mass is 562 g/mol. The molecule has 2 aromatic rings. The fraction of sp³-hybridized carbons (Fsp3) is 0.333. The lowest BCUT2D eigenvalue weighted by atomic mass is 9.90. The number of nitrogens with zero attached hydrogens (tertiary/aromatic N) is 2. The lowest BCUT2D eigenvalue weighted by molar-refractivity contribution is -0.381. The summed E-state index contributed by atoms with van der Waals surface area (Å²) < 4.78 is 23.4. The van der Waals surface area contributed by atoms with Gasteiger partial charge in [-0.2, -0.15) is 0 Å². The molecule has 1 N–H and O–H groups in total. The van der Waals surface area contributed by atoms with Gasteiger partial charge in [0, 0.05) is 43.1 Å². The van der Waals surface area contributed by atoms with Crippen LogP contribution < -0.4 is 4.90 Å². The fourth-order valence-electron chi connectivity index (χ4n) is 5.37. The highest BCUT2D eigenvalue weighted by Crippen LogP contribution is 2.48. The van der Waals surface area contributed by atoms with Gasteiger partial charge >= 0.3 is 35.6 Å². The third-order valence-electron chi connectivity index (χ3n) is 7.37. The van der Waals surface area contributed by atoms with Gasteiger partial charge in [-0.05, 0) is 50.1 Å². The van der Waals surface area contributed by atoms with Gasteiger partial charge < -0.3 is 24.1 Å². The van der Waals surface area contributed by atoms with Crippen molar-refractivity contribution in [2.45, 2.75) is 43.6 Å². The first-order chi connectivity index (χ1) is 19.6. The normalized spacial score (nSPS) is 22.0. The molecule has 2 aromatic carbocycles. The Hall–Kier alpha value is -4.48. The molecule has 1 fully saturated rings.